The zero-order valence-electron chi connectivity index (χ0n) is 10.6. The third-order valence-corrected chi connectivity index (χ3v) is 4.75. The molecule has 0 heterocycles. The lowest BCUT2D eigenvalue weighted by molar-refractivity contribution is 0.108. The standard InChI is InChI=1S/C12H18F2O3Si/c1-3-16-18(15,17-4-2)6-5-10-7-11(13)9-12(14)8-10/h7-9,15H,3-6H2,1-2H3. The van der Waals surface area contributed by atoms with E-state index in [1.165, 1.54) is 12.1 Å². The van der Waals surface area contributed by atoms with E-state index in [-0.39, 0.29) is 6.04 Å². The minimum absolute atomic E-state index is 0.248. The lowest BCUT2D eigenvalue weighted by Gasteiger charge is -2.22. The Hall–Kier alpha value is -0.823. The topological polar surface area (TPSA) is 38.7 Å². The molecule has 1 N–H and O–H groups in total. The minimum Gasteiger partial charge on any atom is -0.390 e. The maximum Gasteiger partial charge on any atom is 0.498 e. The number of halogens is 2. The molecule has 6 heteroatoms. The molecule has 0 aliphatic rings. The fraction of sp³-hybridized carbons (Fsp3) is 0.500. The van der Waals surface area contributed by atoms with Crippen LogP contribution in [0.3, 0.4) is 0 Å². The summed E-state index contributed by atoms with van der Waals surface area (Å²) in [5.41, 5.74) is 0.484. The molecule has 0 radical (unpaired) electrons. The smallest absolute Gasteiger partial charge is 0.390 e. The summed E-state index contributed by atoms with van der Waals surface area (Å²) in [7, 11) is -3.21. The van der Waals surface area contributed by atoms with E-state index < -0.39 is 20.4 Å². The Morgan fingerprint density at radius 3 is 2.00 bits per heavy atom. The molecule has 1 aromatic carbocycles. The van der Waals surface area contributed by atoms with Gasteiger partial charge in [0.05, 0.1) is 0 Å². The van der Waals surface area contributed by atoms with Crippen molar-refractivity contribution in [1.29, 1.82) is 0 Å². The van der Waals surface area contributed by atoms with Crippen molar-refractivity contribution in [2.24, 2.45) is 0 Å². The van der Waals surface area contributed by atoms with Crippen molar-refractivity contribution in [3.8, 4) is 0 Å². The number of hydrogen-bond acceptors (Lipinski definition) is 3. The Labute approximate surface area is 107 Å². The van der Waals surface area contributed by atoms with Crippen molar-refractivity contribution in [3.63, 3.8) is 0 Å². The summed E-state index contributed by atoms with van der Waals surface area (Å²) in [4.78, 5) is 10.1. The SMILES string of the molecule is CCO[Si](O)(CCc1cc(F)cc(F)c1)OCC. The van der Waals surface area contributed by atoms with E-state index in [9.17, 15) is 13.6 Å². The second kappa shape index (κ2) is 6.94. The Morgan fingerprint density at radius 1 is 1.06 bits per heavy atom. The third-order valence-electron chi connectivity index (χ3n) is 2.39. The van der Waals surface area contributed by atoms with Gasteiger partial charge >= 0.3 is 8.80 Å². The van der Waals surface area contributed by atoms with Crippen LogP contribution >= 0.6 is 0 Å². The third kappa shape index (κ3) is 4.81. The summed E-state index contributed by atoms with van der Waals surface area (Å²) >= 11 is 0. The number of hydrogen-bond donors (Lipinski definition) is 1. The molecule has 0 saturated carbocycles. The highest BCUT2D eigenvalue weighted by Gasteiger charge is 2.35. The molecule has 18 heavy (non-hydrogen) atoms. The van der Waals surface area contributed by atoms with E-state index in [0.717, 1.165) is 6.07 Å². The van der Waals surface area contributed by atoms with Crippen molar-refractivity contribution >= 4 is 8.80 Å². The quantitative estimate of drug-likeness (QED) is 0.778. The van der Waals surface area contributed by atoms with Crippen LogP contribution < -0.4 is 0 Å². The van der Waals surface area contributed by atoms with Gasteiger partial charge in [0, 0.05) is 25.3 Å². The van der Waals surface area contributed by atoms with Gasteiger partial charge in [0.1, 0.15) is 11.6 Å². The van der Waals surface area contributed by atoms with E-state index in [2.05, 4.69) is 0 Å². The van der Waals surface area contributed by atoms with Gasteiger partial charge in [-0.15, -0.1) is 0 Å². The van der Waals surface area contributed by atoms with Crippen molar-refractivity contribution in [1.82, 2.24) is 0 Å². The molecule has 0 fully saturated rings. The normalized spacial score (nSPS) is 11.8. The average molecular weight is 276 g/mol. The maximum atomic E-state index is 13.0. The van der Waals surface area contributed by atoms with Gasteiger partial charge in [-0.2, -0.15) is 0 Å². The average Bonchev–Trinajstić information content (AvgIpc) is 2.26. The zero-order chi connectivity index (χ0) is 13.6. The van der Waals surface area contributed by atoms with E-state index >= 15 is 0 Å². The van der Waals surface area contributed by atoms with Crippen LogP contribution in [0.25, 0.3) is 0 Å². The fourth-order valence-corrected chi connectivity index (χ4v) is 3.57. The predicted molar refractivity (Wildman–Crippen MR) is 66.1 cm³/mol. The lowest BCUT2D eigenvalue weighted by Crippen LogP contribution is -2.43. The van der Waals surface area contributed by atoms with Gasteiger partial charge in [-0.1, -0.05) is 0 Å². The molecule has 0 aliphatic heterocycles. The van der Waals surface area contributed by atoms with Crippen LogP contribution in [0.2, 0.25) is 6.04 Å². The molecule has 0 atom stereocenters. The van der Waals surface area contributed by atoms with Crippen LogP contribution in [0.5, 0.6) is 0 Å². The Balaban J connectivity index is 2.66. The highest BCUT2D eigenvalue weighted by molar-refractivity contribution is 6.59. The summed E-state index contributed by atoms with van der Waals surface area (Å²) in [6.45, 7) is 4.22. The number of benzene rings is 1. The summed E-state index contributed by atoms with van der Waals surface area (Å²) in [5.74, 6) is -1.24. The predicted octanol–water partition coefficient (Wildman–Crippen LogP) is 2.51. The van der Waals surface area contributed by atoms with Crippen LogP contribution in [-0.2, 0) is 15.3 Å². The van der Waals surface area contributed by atoms with Crippen LogP contribution in [0.4, 0.5) is 8.78 Å². The summed E-state index contributed by atoms with van der Waals surface area (Å²) < 4.78 is 36.5. The molecule has 0 spiro atoms. The molecule has 1 aromatic rings. The minimum atomic E-state index is -3.21. The first-order chi connectivity index (χ1) is 8.49. The first-order valence-electron chi connectivity index (χ1n) is 5.94. The van der Waals surface area contributed by atoms with Gasteiger partial charge in [0.15, 0.2) is 0 Å². The van der Waals surface area contributed by atoms with Crippen LogP contribution in [-0.4, -0.2) is 26.8 Å². The van der Waals surface area contributed by atoms with Crippen LogP contribution in [0.1, 0.15) is 19.4 Å². The molecule has 1 rings (SSSR count). The maximum absolute atomic E-state index is 13.0. The van der Waals surface area contributed by atoms with E-state index in [1.54, 1.807) is 13.8 Å². The molecule has 0 aromatic heterocycles. The molecule has 102 valence electrons. The van der Waals surface area contributed by atoms with Gasteiger partial charge < -0.3 is 13.6 Å². The molecule has 3 nitrogen and oxygen atoms in total. The van der Waals surface area contributed by atoms with Crippen molar-refractivity contribution < 1.29 is 22.4 Å². The molecular formula is C12H18F2O3Si. The molecule has 0 saturated heterocycles. The van der Waals surface area contributed by atoms with Crippen LogP contribution in [0, 0.1) is 11.6 Å². The summed E-state index contributed by atoms with van der Waals surface area (Å²) in [5, 5.41) is 0. The Kier molecular flexibility index (Phi) is 5.87. The Bertz CT molecular complexity index is 361. The monoisotopic (exact) mass is 276 g/mol. The first-order valence-corrected chi connectivity index (χ1v) is 7.91. The van der Waals surface area contributed by atoms with Gasteiger partial charge in [-0.25, -0.2) is 8.78 Å². The first kappa shape index (κ1) is 15.2. The highest BCUT2D eigenvalue weighted by atomic mass is 28.4. The second-order valence-corrected chi connectivity index (χ2v) is 6.36. The van der Waals surface area contributed by atoms with Crippen molar-refractivity contribution in [2.75, 3.05) is 13.2 Å². The summed E-state index contributed by atoms with van der Waals surface area (Å²) in [6.07, 6.45) is 0.317. The zero-order valence-corrected chi connectivity index (χ0v) is 11.6. The molecular weight excluding hydrogens is 258 g/mol. The van der Waals surface area contributed by atoms with E-state index in [0.29, 0.717) is 25.2 Å². The van der Waals surface area contributed by atoms with Crippen molar-refractivity contribution in [2.45, 2.75) is 26.3 Å². The second-order valence-electron chi connectivity index (χ2n) is 3.86. The number of aryl methyl sites for hydroxylation is 1. The summed E-state index contributed by atoms with van der Waals surface area (Å²) in [6, 6.07) is 3.56. The van der Waals surface area contributed by atoms with Crippen LogP contribution in [0.15, 0.2) is 18.2 Å². The van der Waals surface area contributed by atoms with Crippen molar-refractivity contribution in [3.05, 3.63) is 35.4 Å². The van der Waals surface area contributed by atoms with Gasteiger partial charge in [-0.3, -0.25) is 0 Å². The highest BCUT2D eigenvalue weighted by Crippen LogP contribution is 2.16. The van der Waals surface area contributed by atoms with E-state index in [1.807, 2.05) is 0 Å². The molecule has 0 unspecified atom stereocenters. The van der Waals surface area contributed by atoms with Gasteiger partial charge in [0.2, 0.25) is 0 Å². The lowest BCUT2D eigenvalue weighted by atomic mass is 10.2. The van der Waals surface area contributed by atoms with E-state index in [4.69, 9.17) is 8.85 Å². The molecule has 0 amide bonds. The molecule has 0 aliphatic carbocycles. The number of rotatable bonds is 7. The largest absolute Gasteiger partial charge is 0.498 e. The van der Waals surface area contributed by atoms with Gasteiger partial charge in [0.25, 0.3) is 0 Å². The molecule has 0 bridgehead atoms. The fourth-order valence-electron chi connectivity index (χ4n) is 1.69. The Morgan fingerprint density at radius 2 is 1.56 bits per heavy atom. The van der Waals surface area contributed by atoms with Gasteiger partial charge in [-0.05, 0) is 38.0 Å².